The third-order valence-corrected chi connectivity index (χ3v) is 5.90. The Morgan fingerprint density at radius 1 is 1.12 bits per heavy atom. The molecule has 1 aliphatic rings. The monoisotopic (exact) mass is 435 g/mol. The number of nitrogens with zero attached hydrogens (tertiary/aromatic N) is 1. The van der Waals surface area contributed by atoms with Crippen LogP contribution in [0.25, 0.3) is 6.08 Å². The van der Waals surface area contributed by atoms with Crippen LogP contribution in [0.5, 0.6) is 5.75 Å². The molecule has 0 radical (unpaired) electrons. The molecule has 1 fully saturated rings. The molecule has 0 heterocycles. The average molecular weight is 436 g/mol. The molecule has 32 heavy (non-hydrogen) atoms. The lowest BCUT2D eigenvalue weighted by Crippen LogP contribution is -2.29. The van der Waals surface area contributed by atoms with Crippen LogP contribution in [0.4, 0.5) is 0 Å². The van der Waals surface area contributed by atoms with Crippen LogP contribution in [0.15, 0.2) is 54.1 Å². The molecule has 0 aliphatic heterocycles. The van der Waals surface area contributed by atoms with Gasteiger partial charge in [0, 0.05) is 6.54 Å². The minimum Gasteiger partial charge on any atom is -0.497 e. The molecular formula is C28H37NO3. The number of benzene rings is 2. The van der Waals surface area contributed by atoms with Crippen molar-refractivity contribution in [1.82, 2.24) is 4.90 Å². The summed E-state index contributed by atoms with van der Waals surface area (Å²) >= 11 is 0. The van der Waals surface area contributed by atoms with E-state index in [1.807, 2.05) is 45.0 Å². The SMILES string of the molecule is COc1cccc([C@H]2CC(=Cc3cccc(C(=O)OC(C)(C)C)c3)CC[C@@H]2CN(C)C)c1. The first kappa shape index (κ1) is 24.1. The van der Waals surface area contributed by atoms with E-state index in [2.05, 4.69) is 49.3 Å². The molecule has 2 aromatic rings. The molecule has 172 valence electrons. The zero-order chi connectivity index (χ0) is 23.3. The second-order valence-corrected chi connectivity index (χ2v) is 10.1. The summed E-state index contributed by atoms with van der Waals surface area (Å²) in [6, 6.07) is 16.3. The molecule has 4 nitrogen and oxygen atoms in total. The molecule has 3 rings (SSSR count). The van der Waals surface area contributed by atoms with Gasteiger partial charge in [-0.3, -0.25) is 0 Å². The number of allylic oxidation sites excluding steroid dienone is 1. The van der Waals surface area contributed by atoms with Crippen molar-refractivity contribution in [3.8, 4) is 5.75 Å². The van der Waals surface area contributed by atoms with E-state index in [4.69, 9.17) is 9.47 Å². The van der Waals surface area contributed by atoms with Gasteiger partial charge >= 0.3 is 5.97 Å². The second kappa shape index (κ2) is 10.4. The highest BCUT2D eigenvalue weighted by molar-refractivity contribution is 5.90. The van der Waals surface area contributed by atoms with Gasteiger partial charge in [-0.2, -0.15) is 0 Å². The van der Waals surface area contributed by atoms with Crippen LogP contribution in [-0.2, 0) is 4.74 Å². The molecule has 1 saturated carbocycles. The molecule has 1 aliphatic carbocycles. The van der Waals surface area contributed by atoms with E-state index in [0.29, 0.717) is 17.4 Å². The normalized spacial score (nSPS) is 20.4. The minimum atomic E-state index is -0.500. The number of hydrogen-bond donors (Lipinski definition) is 0. The van der Waals surface area contributed by atoms with Crippen molar-refractivity contribution in [3.05, 3.63) is 70.8 Å². The van der Waals surface area contributed by atoms with Gasteiger partial charge in [-0.05, 0) is 101 Å². The Hall–Kier alpha value is -2.59. The number of rotatable bonds is 6. The van der Waals surface area contributed by atoms with Crippen LogP contribution < -0.4 is 4.74 Å². The van der Waals surface area contributed by atoms with Crippen molar-refractivity contribution >= 4 is 12.0 Å². The highest BCUT2D eigenvalue weighted by Gasteiger charge is 2.29. The minimum absolute atomic E-state index is 0.276. The number of carbonyl (C=O) groups is 1. The van der Waals surface area contributed by atoms with Crippen molar-refractivity contribution in [2.45, 2.75) is 51.6 Å². The Kier molecular flexibility index (Phi) is 7.78. The van der Waals surface area contributed by atoms with Crippen LogP contribution in [0, 0.1) is 5.92 Å². The maximum absolute atomic E-state index is 12.5. The molecule has 0 spiro atoms. The molecular weight excluding hydrogens is 398 g/mol. The zero-order valence-electron chi connectivity index (χ0n) is 20.4. The Labute approximate surface area is 193 Å². The Balaban J connectivity index is 1.84. The quantitative estimate of drug-likeness (QED) is 0.508. The lowest BCUT2D eigenvalue weighted by atomic mass is 9.73. The maximum atomic E-state index is 12.5. The van der Waals surface area contributed by atoms with E-state index < -0.39 is 5.60 Å². The lowest BCUT2D eigenvalue weighted by Gasteiger charge is -2.35. The summed E-state index contributed by atoms with van der Waals surface area (Å²) in [7, 11) is 6.02. The van der Waals surface area contributed by atoms with Gasteiger partial charge in [-0.1, -0.05) is 35.9 Å². The zero-order valence-corrected chi connectivity index (χ0v) is 20.4. The van der Waals surface area contributed by atoms with Gasteiger partial charge in [-0.15, -0.1) is 0 Å². The average Bonchev–Trinajstić information content (AvgIpc) is 2.73. The van der Waals surface area contributed by atoms with E-state index in [0.717, 1.165) is 37.1 Å². The number of carbonyl (C=O) groups excluding carboxylic acids is 1. The number of methoxy groups -OCH3 is 1. The summed E-state index contributed by atoms with van der Waals surface area (Å²) in [4.78, 5) is 14.8. The van der Waals surface area contributed by atoms with E-state index in [9.17, 15) is 4.79 Å². The Bertz CT molecular complexity index is 955. The summed E-state index contributed by atoms with van der Waals surface area (Å²) in [5, 5.41) is 0. The van der Waals surface area contributed by atoms with Crippen molar-refractivity contribution in [3.63, 3.8) is 0 Å². The van der Waals surface area contributed by atoms with Crippen LogP contribution >= 0.6 is 0 Å². The maximum Gasteiger partial charge on any atom is 0.338 e. The summed E-state index contributed by atoms with van der Waals surface area (Å²) in [5.74, 6) is 1.68. The molecule has 0 unspecified atom stereocenters. The van der Waals surface area contributed by atoms with Gasteiger partial charge < -0.3 is 14.4 Å². The Morgan fingerprint density at radius 3 is 2.56 bits per heavy atom. The largest absolute Gasteiger partial charge is 0.497 e. The van der Waals surface area contributed by atoms with Gasteiger partial charge in [0.15, 0.2) is 0 Å². The molecule has 4 heteroatoms. The van der Waals surface area contributed by atoms with Crippen LogP contribution in [0.3, 0.4) is 0 Å². The molecule has 0 bridgehead atoms. The van der Waals surface area contributed by atoms with Gasteiger partial charge in [0.25, 0.3) is 0 Å². The fourth-order valence-corrected chi connectivity index (χ4v) is 4.53. The van der Waals surface area contributed by atoms with E-state index in [1.54, 1.807) is 7.11 Å². The smallest absolute Gasteiger partial charge is 0.338 e. The fraction of sp³-hybridized carbons (Fsp3) is 0.464. The third-order valence-electron chi connectivity index (χ3n) is 5.90. The number of esters is 1. The molecule has 0 saturated heterocycles. The Morgan fingerprint density at radius 2 is 1.88 bits per heavy atom. The summed E-state index contributed by atoms with van der Waals surface area (Å²) < 4.78 is 11.0. The van der Waals surface area contributed by atoms with Gasteiger partial charge in [0.05, 0.1) is 12.7 Å². The number of ether oxygens (including phenoxy) is 2. The predicted molar refractivity (Wildman–Crippen MR) is 131 cm³/mol. The third kappa shape index (κ3) is 6.70. The van der Waals surface area contributed by atoms with Crippen molar-refractivity contribution in [2.24, 2.45) is 5.92 Å². The first-order chi connectivity index (χ1) is 15.1. The van der Waals surface area contributed by atoms with E-state index in [1.165, 1.54) is 11.1 Å². The highest BCUT2D eigenvalue weighted by atomic mass is 16.6. The highest BCUT2D eigenvalue weighted by Crippen LogP contribution is 2.42. The predicted octanol–water partition coefficient (Wildman–Crippen LogP) is 6.18. The van der Waals surface area contributed by atoms with Crippen molar-refractivity contribution in [2.75, 3.05) is 27.7 Å². The van der Waals surface area contributed by atoms with Crippen LogP contribution in [-0.4, -0.2) is 44.2 Å². The fourth-order valence-electron chi connectivity index (χ4n) is 4.53. The summed E-state index contributed by atoms with van der Waals surface area (Å²) in [5.41, 5.74) is 3.91. The molecule has 0 amide bonds. The topological polar surface area (TPSA) is 38.8 Å². The van der Waals surface area contributed by atoms with E-state index >= 15 is 0 Å². The second-order valence-electron chi connectivity index (χ2n) is 10.1. The van der Waals surface area contributed by atoms with E-state index in [-0.39, 0.29) is 5.97 Å². The summed E-state index contributed by atoms with van der Waals surface area (Å²) in [6.07, 6.45) is 5.50. The van der Waals surface area contributed by atoms with Crippen LogP contribution in [0.2, 0.25) is 0 Å². The van der Waals surface area contributed by atoms with Crippen molar-refractivity contribution in [1.29, 1.82) is 0 Å². The lowest BCUT2D eigenvalue weighted by molar-refractivity contribution is 0.00695. The van der Waals surface area contributed by atoms with Gasteiger partial charge in [0.1, 0.15) is 11.4 Å². The van der Waals surface area contributed by atoms with Gasteiger partial charge in [0.2, 0.25) is 0 Å². The molecule has 2 aromatic carbocycles. The first-order valence-electron chi connectivity index (χ1n) is 11.5. The van der Waals surface area contributed by atoms with Crippen LogP contribution in [0.1, 0.15) is 67.4 Å². The molecule has 2 atom stereocenters. The first-order valence-corrected chi connectivity index (χ1v) is 11.5. The standard InChI is InChI=1S/C28H37NO3/c1-28(2,3)32-27(30)23-11-7-9-20(16-23)15-21-13-14-24(19-29(4)5)26(17-21)22-10-8-12-25(18-22)31-6/h7-12,15-16,18,24,26H,13-14,17,19H2,1-6H3/t24-,26-/m1/s1. The molecule has 0 aromatic heterocycles. The van der Waals surface area contributed by atoms with Crippen molar-refractivity contribution < 1.29 is 14.3 Å². The molecule has 0 N–H and O–H groups in total. The van der Waals surface area contributed by atoms with Gasteiger partial charge in [-0.25, -0.2) is 4.79 Å². The number of hydrogen-bond acceptors (Lipinski definition) is 4. The summed E-state index contributed by atoms with van der Waals surface area (Å²) in [6.45, 7) is 6.74.